The van der Waals surface area contributed by atoms with Crippen LogP contribution in [-0.2, 0) is 81.4 Å². The summed E-state index contributed by atoms with van der Waals surface area (Å²) < 4.78 is 20.0. The van der Waals surface area contributed by atoms with Crippen molar-refractivity contribution in [1.82, 2.24) is 0 Å². The number of rotatable bonds is 6. The molecule has 3 aliphatic carbocycles. The monoisotopic (exact) mass is 822 g/mol. The number of hydrogen-bond acceptors (Lipinski definition) is 9. The molecule has 1 N–H and O–H groups in total. The Morgan fingerprint density at radius 2 is 0.982 bits per heavy atom. The van der Waals surface area contributed by atoms with E-state index in [1.54, 1.807) is 0 Å². The van der Waals surface area contributed by atoms with Crippen molar-refractivity contribution < 1.29 is 48.0 Å². The maximum atomic E-state index is 12.3. The molecule has 0 radical (unpaired) electrons. The zero-order valence-corrected chi connectivity index (χ0v) is 34.8. The SMILES string of the molecule is CC(C)(C)OC(=O)CBr.COC(=O)C1(CC(=O)OC(C)(C)C)Cc2ccccc2C1.COC(=O)C1Cc2ccccc2C1.O=C(O)C1Cc2ccccc2C1. The van der Waals surface area contributed by atoms with Gasteiger partial charge in [0.15, 0.2) is 0 Å². The van der Waals surface area contributed by atoms with Crippen LogP contribution in [0.2, 0.25) is 0 Å². The van der Waals surface area contributed by atoms with Gasteiger partial charge >= 0.3 is 29.8 Å². The Hall–Kier alpha value is -4.51. The topological polar surface area (TPSA) is 142 Å². The van der Waals surface area contributed by atoms with E-state index in [1.165, 1.54) is 36.5 Å². The molecule has 6 rings (SSSR count). The molecule has 0 unspecified atom stereocenters. The van der Waals surface area contributed by atoms with Crippen LogP contribution in [0.5, 0.6) is 0 Å². The quantitative estimate of drug-likeness (QED) is 0.151. The molecule has 3 aromatic rings. The highest BCUT2D eigenvalue weighted by atomic mass is 79.9. The van der Waals surface area contributed by atoms with Gasteiger partial charge in [0.25, 0.3) is 0 Å². The molecule has 0 fully saturated rings. The van der Waals surface area contributed by atoms with Gasteiger partial charge in [0.1, 0.15) is 16.5 Å². The number of carboxylic acid groups (broad SMARTS) is 1. The van der Waals surface area contributed by atoms with Crippen molar-refractivity contribution in [3.8, 4) is 0 Å². The number of carboxylic acids is 1. The van der Waals surface area contributed by atoms with Gasteiger partial charge in [0, 0.05) is 0 Å². The van der Waals surface area contributed by atoms with E-state index in [4.69, 9.17) is 24.1 Å². The molecule has 0 atom stereocenters. The fourth-order valence-electron chi connectivity index (χ4n) is 6.90. The summed E-state index contributed by atoms with van der Waals surface area (Å²) in [5, 5.41) is 9.05. The Morgan fingerprint density at radius 1 is 0.618 bits per heavy atom. The zero-order chi connectivity index (χ0) is 41.0. The maximum absolute atomic E-state index is 12.3. The van der Waals surface area contributed by atoms with Gasteiger partial charge in [-0.05, 0) is 113 Å². The van der Waals surface area contributed by atoms with E-state index in [-0.39, 0.29) is 53.1 Å². The molecule has 55 heavy (non-hydrogen) atoms. The third-order valence-corrected chi connectivity index (χ3v) is 9.67. The average molecular weight is 824 g/mol. The molecule has 0 aliphatic heterocycles. The first kappa shape index (κ1) is 44.9. The maximum Gasteiger partial charge on any atom is 0.317 e. The fourth-order valence-corrected chi connectivity index (χ4v) is 7.01. The van der Waals surface area contributed by atoms with Crippen LogP contribution >= 0.6 is 15.9 Å². The molecule has 0 saturated carbocycles. The van der Waals surface area contributed by atoms with E-state index < -0.39 is 17.0 Å². The van der Waals surface area contributed by atoms with Gasteiger partial charge in [0.2, 0.25) is 0 Å². The lowest BCUT2D eigenvalue weighted by Crippen LogP contribution is -2.37. The van der Waals surface area contributed by atoms with Crippen LogP contribution in [-0.4, -0.2) is 65.7 Å². The van der Waals surface area contributed by atoms with Crippen LogP contribution in [0.4, 0.5) is 0 Å². The molecule has 0 amide bonds. The van der Waals surface area contributed by atoms with Crippen LogP contribution in [0.25, 0.3) is 0 Å². The number of fused-ring (bicyclic) bond motifs is 3. The number of hydrogen-bond donors (Lipinski definition) is 1. The molecule has 0 aromatic heterocycles. The number of methoxy groups -OCH3 is 2. The molecule has 11 heteroatoms. The molecular weight excluding hydrogens is 768 g/mol. The van der Waals surface area contributed by atoms with Crippen LogP contribution in [0.1, 0.15) is 81.3 Å². The molecule has 3 aliphatic rings. The van der Waals surface area contributed by atoms with Crippen molar-refractivity contribution in [3.63, 3.8) is 0 Å². The van der Waals surface area contributed by atoms with Gasteiger partial charge < -0.3 is 24.1 Å². The molecule has 0 saturated heterocycles. The van der Waals surface area contributed by atoms with Gasteiger partial charge in [-0.25, -0.2) is 0 Å². The van der Waals surface area contributed by atoms with Gasteiger partial charge in [0.05, 0.1) is 37.9 Å². The van der Waals surface area contributed by atoms with Crippen LogP contribution < -0.4 is 0 Å². The number of halogens is 1. The third kappa shape index (κ3) is 13.9. The first-order valence-corrected chi connectivity index (χ1v) is 19.5. The number of carbonyl (C=O) groups excluding carboxylic acids is 4. The minimum absolute atomic E-state index is 0.0439. The lowest BCUT2D eigenvalue weighted by atomic mass is 9.81. The summed E-state index contributed by atoms with van der Waals surface area (Å²) in [6, 6.07) is 24.0. The third-order valence-electron chi connectivity index (χ3n) is 9.21. The zero-order valence-electron chi connectivity index (χ0n) is 33.2. The Bertz CT molecular complexity index is 1730. The largest absolute Gasteiger partial charge is 0.481 e. The standard InChI is InChI=1S/C17H22O4.C11H12O2.C10H10O2.C6H11BrO2/c1-16(2,3)21-14(18)11-17(15(19)20-4)9-12-7-5-6-8-13(12)10-17;1-13-11(12)10-6-8-4-2-3-5-9(8)7-10;11-10(12)9-5-7-3-1-2-4-8(7)6-9;1-6(2,3)9-5(8)4-7/h5-8H,9-11H2,1-4H3;2-5,10H,6-7H2,1H3;1-4,9H,5-6H2,(H,11,12);4H2,1-3H3. The second-order valence-corrected chi connectivity index (χ2v) is 16.5. The molecule has 298 valence electrons. The normalized spacial score (nSPS) is 15.1. The second kappa shape index (κ2) is 19.9. The Morgan fingerprint density at radius 3 is 1.29 bits per heavy atom. The van der Waals surface area contributed by atoms with Crippen molar-refractivity contribution in [2.45, 2.75) is 97.7 Å². The van der Waals surface area contributed by atoms with E-state index in [0.29, 0.717) is 25.7 Å². The molecule has 3 aromatic carbocycles. The van der Waals surface area contributed by atoms with Gasteiger partial charge in [-0.3, -0.25) is 24.0 Å². The summed E-state index contributed by atoms with van der Waals surface area (Å²) in [4.78, 5) is 56.9. The molecular formula is C44H55BrO10. The number of ether oxygens (including phenoxy) is 4. The van der Waals surface area contributed by atoms with Crippen molar-refractivity contribution in [2.75, 3.05) is 19.5 Å². The van der Waals surface area contributed by atoms with Gasteiger partial charge in [-0.15, -0.1) is 0 Å². The van der Waals surface area contributed by atoms with Crippen molar-refractivity contribution in [2.24, 2.45) is 17.3 Å². The first-order valence-electron chi connectivity index (χ1n) is 18.4. The van der Waals surface area contributed by atoms with Crippen LogP contribution in [0.3, 0.4) is 0 Å². The van der Waals surface area contributed by atoms with Gasteiger partial charge in [-0.2, -0.15) is 0 Å². The van der Waals surface area contributed by atoms with E-state index in [1.807, 2.05) is 102 Å². The molecule has 0 bridgehead atoms. The van der Waals surface area contributed by atoms with E-state index in [0.717, 1.165) is 24.0 Å². The summed E-state index contributed by atoms with van der Waals surface area (Å²) >= 11 is 2.99. The molecule has 10 nitrogen and oxygen atoms in total. The minimum atomic E-state index is -0.833. The minimum Gasteiger partial charge on any atom is -0.481 e. The van der Waals surface area contributed by atoms with E-state index in [2.05, 4.69) is 28.1 Å². The van der Waals surface area contributed by atoms with Crippen LogP contribution in [0, 0.1) is 17.3 Å². The molecule has 0 heterocycles. The number of esters is 4. The number of alkyl halides is 1. The Balaban J connectivity index is 0.000000208. The predicted molar refractivity (Wildman–Crippen MR) is 213 cm³/mol. The summed E-state index contributed by atoms with van der Waals surface area (Å²) in [6.07, 6.45) is 4.17. The Labute approximate surface area is 333 Å². The number of carbonyl (C=O) groups is 5. The average Bonchev–Trinajstić information content (AvgIpc) is 3.85. The summed E-state index contributed by atoms with van der Waals surface area (Å²) in [7, 11) is 2.81. The van der Waals surface area contributed by atoms with Crippen molar-refractivity contribution in [1.29, 1.82) is 0 Å². The van der Waals surface area contributed by atoms with E-state index in [9.17, 15) is 24.0 Å². The lowest BCUT2D eigenvalue weighted by Gasteiger charge is -2.27. The fraction of sp³-hybridized carbons (Fsp3) is 0.477. The highest BCUT2D eigenvalue weighted by molar-refractivity contribution is 9.09. The van der Waals surface area contributed by atoms with Gasteiger partial charge in [-0.1, -0.05) is 88.7 Å². The highest BCUT2D eigenvalue weighted by Crippen LogP contribution is 2.41. The van der Waals surface area contributed by atoms with E-state index >= 15 is 0 Å². The number of benzene rings is 3. The summed E-state index contributed by atoms with van der Waals surface area (Å²) in [5.41, 5.74) is 5.44. The number of aliphatic carboxylic acids is 1. The smallest absolute Gasteiger partial charge is 0.317 e. The Kier molecular flexibility index (Phi) is 16.2. The second-order valence-electron chi connectivity index (χ2n) is 16.0. The first-order chi connectivity index (χ1) is 25.8. The lowest BCUT2D eigenvalue weighted by molar-refractivity contribution is -0.166. The predicted octanol–water partition coefficient (Wildman–Crippen LogP) is 7.46. The highest BCUT2D eigenvalue weighted by Gasteiger charge is 2.47. The van der Waals surface area contributed by atoms with Crippen molar-refractivity contribution in [3.05, 3.63) is 106 Å². The summed E-state index contributed by atoms with van der Waals surface area (Å²) in [6.45, 7) is 11.0. The van der Waals surface area contributed by atoms with Crippen LogP contribution in [0.15, 0.2) is 72.8 Å². The summed E-state index contributed by atoms with van der Waals surface area (Å²) in [5.74, 6) is -1.83. The van der Waals surface area contributed by atoms with Crippen molar-refractivity contribution >= 4 is 45.8 Å². The molecule has 0 spiro atoms.